The summed E-state index contributed by atoms with van der Waals surface area (Å²) in [6.45, 7) is 1.86. The molecule has 112 valence electrons. The summed E-state index contributed by atoms with van der Waals surface area (Å²) in [5.41, 5.74) is 1.78. The van der Waals surface area contributed by atoms with E-state index >= 15 is 0 Å². The third-order valence-electron chi connectivity index (χ3n) is 3.59. The normalized spacial score (nSPS) is 10.9. The maximum Gasteiger partial charge on any atom is 0.332 e. The first kappa shape index (κ1) is 14.0. The number of hydrogen-bond donors (Lipinski definition) is 1. The molecule has 0 saturated heterocycles. The van der Waals surface area contributed by atoms with Crippen LogP contribution in [0.2, 0.25) is 0 Å². The zero-order chi connectivity index (χ0) is 15.9. The fourth-order valence-electron chi connectivity index (χ4n) is 2.37. The second kappa shape index (κ2) is 5.10. The van der Waals surface area contributed by atoms with Crippen molar-refractivity contribution in [1.82, 2.24) is 19.1 Å². The van der Waals surface area contributed by atoms with Crippen LogP contribution >= 0.6 is 0 Å². The molecule has 0 fully saturated rings. The quantitative estimate of drug-likeness (QED) is 0.765. The summed E-state index contributed by atoms with van der Waals surface area (Å²) in [6, 6.07) is 3.65. The van der Waals surface area contributed by atoms with Gasteiger partial charge in [-0.2, -0.15) is 0 Å². The fourth-order valence-corrected chi connectivity index (χ4v) is 2.37. The lowest BCUT2D eigenvalue weighted by Crippen LogP contribution is -2.37. The molecule has 1 N–H and O–H groups in total. The molecule has 0 saturated carbocycles. The Labute approximate surface area is 125 Å². The predicted octanol–water partition coefficient (Wildman–Crippen LogP) is 1.08. The van der Waals surface area contributed by atoms with Crippen LogP contribution in [0.5, 0.6) is 0 Å². The van der Waals surface area contributed by atoms with Crippen LogP contribution in [0.15, 0.2) is 40.3 Å². The summed E-state index contributed by atoms with van der Waals surface area (Å²) in [7, 11) is 3.06. The van der Waals surface area contributed by atoms with Crippen molar-refractivity contribution in [2.24, 2.45) is 14.1 Å². The molecule has 3 aromatic heterocycles. The Morgan fingerprint density at radius 3 is 2.59 bits per heavy atom. The lowest BCUT2D eigenvalue weighted by Gasteiger charge is -2.14. The first-order valence-electron chi connectivity index (χ1n) is 6.73. The van der Waals surface area contributed by atoms with E-state index in [0.717, 1.165) is 15.8 Å². The largest absolute Gasteiger partial charge is 0.353 e. The molecule has 3 heterocycles. The van der Waals surface area contributed by atoms with Crippen LogP contribution < -0.4 is 16.6 Å². The van der Waals surface area contributed by atoms with Crippen LogP contribution in [0.3, 0.4) is 0 Å². The Hall–Kier alpha value is -2.96. The number of aryl methyl sites for hydroxylation is 2. The standard InChI is InChI=1S/C15H15N5O2/c1-9-7-17-13-11(14(21)20(3)15(22)19(13)2)12(9)18-10-5-4-6-16-8-10/h4-8H,1-3H3,(H,17,18). The maximum atomic E-state index is 12.5. The predicted molar refractivity (Wildman–Crippen MR) is 84.5 cm³/mol. The Kier molecular flexibility index (Phi) is 3.25. The summed E-state index contributed by atoms with van der Waals surface area (Å²) in [5, 5.41) is 3.58. The average Bonchev–Trinajstić information content (AvgIpc) is 2.53. The number of fused-ring (bicyclic) bond motifs is 1. The molecule has 0 aliphatic carbocycles. The van der Waals surface area contributed by atoms with Crippen LogP contribution in [0.25, 0.3) is 11.0 Å². The van der Waals surface area contributed by atoms with Gasteiger partial charge in [0.25, 0.3) is 5.56 Å². The molecule has 0 amide bonds. The van der Waals surface area contributed by atoms with E-state index < -0.39 is 5.69 Å². The third-order valence-corrected chi connectivity index (χ3v) is 3.59. The van der Waals surface area contributed by atoms with Crippen LogP contribution in [-0.4, -0.2) is 19.1 Å². The smallest absolute Gasteiger partial charge is 0.332 e. The highest BCUT2D eigenvalue weighted by molar-refractivity contribution is 5.92. The van der Waals surface area contributed by atoms with Gasteiger partial charge in [0, 0.05) is 26.5 Å². The second-order valence-corrected chi connectivity index (χ2v) is 5.09. The summed E-state index contributed by atoms with van der Waals surface area (Å²) < 4.78 is 2.45. The van der Waals surface area contributed by atoms with Crippen molar-refractivity contribution in [3.63, 3.8) is 0 Å². The first-order valence-corrected chi connectivity index (χ1v) is 6.73. The highest BCUT2D eigenvalue weighted by Crippen LogP contribution is 2.25. The van der Waals surface area contributed by atoms with E-state index in [9.17, 15) is 9.59 Å². The van der Waals surface area contributed by atoms with Gasteiger partial charge in [0.15, 0.2) is 5.65 Å². The lowest BCUT2D eigenvalue weighted by atomic mass is 10.2. The number of hydrogen-bond acceptors (Lipinski definition) is 5. The minimum atomic E-state index is -0.402. The summed E-state index contributed by atoms with van der Waals surface area (Å²) in [5.74, 6) is 0. The van der Waals surface area contributed by atoms with E-state index in [1.54, 1.807) is 31.7 Å². The van der Waals surface area contributed by atoms with Gasteiger partial charge in [-0.05, 0) is 24.6 Å². The van der Waals surface area contributed by atoms with Crippen LogP contribution in [0, 0.1) is 6.92 Å². The zero-order valence-electron chi connectivity index (χ0n) is 12.5. The van der Waals surface area contributed by atoms with Crippen molar-refractivity contribution < 1.29 is 0 Å². The number of anilines is 2. The van der Waals surface area contributed by atoms with Crippen molar-refractivity contribution in [3.8, 4) is 0 Å². The molecule has 0 atom stereocenters. The number of nitrogens with one attached hydrogen (secondary N) is 1. The monoisotopic (exact) mass is 297 g/mol. The van der Waals surface area contributed by atoms with Crippen molar-refractivity contribution in [1.29, 1.82) is 0 Å². The lowest BCUT2D eigenvalue weighted by molar-refractivity contribution is 0.707. The highest BCUT2D eigenvalue weighted by atomic mass is 16.2. The molecule has 22 heavy (non-hydrogen) atoms. The molecule has 0 aromatic carbocycles. The minimum absolute atomic E-state index is 0.352. The summed E-state index contributed by atoms with van der Waals surface area (Å²) in [4.78, 5) is 32.8. The molecular weight excluding hydrogens is 282 g/mol. The molecule has 0 aliphatic heterocycles. The molecule has 0 unspecified atom stereocenters. The Morgan fingerprint density at radius 1 is 1.14 bits per heavy atom. The fraction of sp³-hybridized carbons (Fsp3) is 0.200. The van der Waals surface area contributed by atoms with E-state index in [1.807, 2.05) is 13.0 Å². The highest BCUT2D eigenvalue weighted by Gasteiger charge is 2.15. The summed E-state index contributed by atoms with van der Waals surface area (Å²) in [6.07, 6.45) is 4.98. The van der Waals surface area contributed by atoms with Gasteiger partial charge in [0.2, 0.25) is 0 Å². The molecule has 0 bridgehead atoms. The topological polar surface area (TPSA) is 81.8 Å². The van der Waals surface area contributed by atoms with Gasteiger partial charge in [-0.3, -0.25) is 18.9 Å². The molecular formula is C15H15N5O2. The van der Waals surface area contributed by atoms with E-state index in [-0.39, 0.29) is 5.56 Å². The summed E-state index contributed by atoms with van der Waals surface area (Å²) >= 11 is 0. The SMILES string of the molecule is Cc1cnc2c(c1Nc1cccnc1)c(=O)n(C)c(=O)n2C. The molecule has 7 nitrogen and oxygen atoms in total. The maximum absolute atomic E-state index is 12.5. The molecule has 0 aliphatic rings. The zero-order valence-corrected chi connectivity index (χ0v) is 12.5. The molecule has 0 radical (unpaired) electrons. The van der Waals surface area contributed by atoms with E-state index in [4.69, 9.17) is 0 Å². The van der Waals surface area contributed by atoms with Gasteiger partial charge in [-0.25, -0.2) is 9.78 Å². The van der Waals surface area contributed by atoms with Crippen LogP contribution in [0.1, 0.15) is 5.56 Å². The number of nitrogens with zero attached hydrogens (tertiary/aromatic N) is 4. The van der Waals surface area contributed by atoms with E-state index in [2.05, 4.69) is 15.3 Å². The van der Waals surface area contributed by atoms with Gasteiger partial charge < -0.3 is 5.32 Å². The Morgan fingerprint density at radius 2 is 1.91 bits per heavy atom. The second-order valence-electron chi connectivity index (χ2n) is 5.09. The van der Waals surface area contributed by atoms with Crippen LogP contribution in [0.4, 0.5) is 11.4 Å². The molecule has 0 spiro atoms. The minimum Gasteiger partial charge on any atom is -0.353 e. The van der Waals surface area contributed by atoms with Crippen molar-refractivity contribution in [2.45, 2.75) is 6.92 Å². The number of pyridine rings is 2. The van der Waals surface area contributed by atoms with E-state index in [0.29, 0.717) is 16.7 Å². The van der Waals surface area contributed by atoms with Crippen molar-refractivity contribution in [3.05, 3.63) is 57.1 Å². The molecule has 3 aromatic rings. The van der Waals surface area contributed by atoms with Gasteiger partial charge in [-0.15, -0.1) is 0 Å². The molecule has 3 rings (SSSR count). The van der Waals surface area contributed by atoms with Crippen LogP contribution in [-0.2, 0) is 14.1 Å². The van der Waals surface area contributed by atoms with Gasteiger partial charge in [-0.1, -0.05) is 0 Å². The van der Waals surface area contributed by atoms with Crippen molar-refractivity contribution >= 4 is 22.4 Å². The Bertz CT molecular complexity index is 973. The van der Waals surface area contributed by atoms with Crippen molar-refractivity contribution in [2.75, 3.05) is 5.32 Å². The Balaban J connectivity index is 2.37. The number of aromatic nitrogens is 4. The van der Waals surface area contributed by atoms with Gasteiger partial charge in [0.1, 0.15) is 5.39 Å². The molecule has 7 heteroatoms. The van der Waals surface area contributed by atoms with Gasteiger partial charge >= 0.3 is 5.69 Å². The van der Waals surface area contributed by atoms with Gasteiger partial charge in [0.05, 0.1) is 17.6 Å². The first-order chi connectivity index (χ1) is 10.5. The third kappa shape index (κ3) is 2.07. The average molecular weight is 297 g/mol. The number of rotatable bonds is 2. The van der Waals surface area contributed by atoms with E-state index in [1.165, 1.54) is 11.6 Å².